The average Bonchev–Trinajstić information content (AvgIpc) is 2.35. The van der Waals surface area contributed by atoms with Gasteiger partial charge in [0.15, 0.2) is 0 Å². The average molecular weight is 189 g/mol. The minimum atomic E-state index is -1.60. The number of urea groups is 1. The van der Waals surface area contributed by atoms with Crippen LogP contribution in [-0.4, -0.2) is 35.6 Å². The zero-order valence-corrected chi connectivity index (χ0v) is 7.03. The van der Waals surface area contributed by atoms with Gasteiger partial charge in [-0.05, 0) is 6.92 Å². The van der Waals surface area contributed by atoms with Crippen LogP contribution in [0, 0.1) is 0 Å². The monoisotopic (exact) mass is 189 g/mol. The van der Waals surface area contributed by atoms with Crippen LogP contribution in [0.3, 0.4) is 0 Å². The van der Waals surface area contributed by atoms with Gasteiger partial charge in [-0.2, -0.15) is 0 Å². The number of amides is 3. The highest BCUT2D eigenvalue weighted by atomic mass is 16.4. The van der Waals surface area contributed by atoms with Gasteiger partial charge in [0, 0.05) is 12.6 Å². The fourth-order valence-corrected chi connectivity index (χ4v) is 0.572. The van der Waals surface area contributed by atoms with Crippen LogP contribution >= 0.6 is 0 Å². The van der Waals surface area contributed by atoms with E-state index < -0.39 is 11.9 Å². The van der Waals surface area contributed by atoms with Crippen LogP contribution in [0.2, 0.25) is 0 Å². The number of carboxylic acids is 1. The van der Waals surface area contributed by atoms with Crippen LogP contribution < -0.4 is 16.4 Å². The summed E-state index contributed by atoms with van der Waals surface area (Å²) in [5.41, 5.74) is 4.20. The highest BCUT2D eigenvalue weighted by Crippen LogP contribution is 1.84. The molecule has 1 atom stereocenters. The number of primary amides is 1. The van der Waals surface area contributed by atoms with Gasteiger partial charge in [-0.15, -0.1) is 0 Å². The van der Waals surface area contributed by atoms with Crippen molar-refractivity contribution in [2.45, 2.75) is 13.0 Å². The first-order valence-electron chi connectivity index (χ1n) is 3.50. The van der Waals surface area contributed by atoms with Crippen LogP contribution in [0.5, 0.6) is 0 Å². The van der Waals surface area contributed by atoms with Crippen molar-refractivity contribution < 1.29 is 19.5 Å². The van der Waals surface area contributed by atoms with Gasteiger partial charge in [0.1, 0.15) is 0 Å². The van der Waals surface area contributed by atoms with Crippen molar-refractivity contribution >= 4 is 17.9 Å². The first-order chi connectivity index (χ1) is 5.93. The normalized spacial score (nSPS) is 19.2. The highest BCUT2D eigenvalue weighted by molar-refractivity contribution is 6.30. The summed E-state index contributed by atoms with van der Waals surface area (Å²) in [6, 6.07) is 0.264. The lowest BCUT2D eigenvalue weighted by Gasteiger charge is -1.92. The predicted octanol–water partition coefficient (Wildman–Crippen LogP) is -1.76. The van der Waals surface area contributed by atoms with Crippen molar-refractivity contribution in [1.82, 2.24) is 10.6 Å². The molecule has 0 spiro atoms. The maximum atomic E-state index is 10.2. The molecule has 0 aromatic carbocycles. The molecule has 7 heteroatoms. The fraction of sp³-hybridized carbons (Fsp3) is 0.500. The van der Waals surface area contributed by atoms with E-state index in [1.807, 2.05) is 6.92 Å². The quantitative estimate of drug-likeness (QED) is 0.337. The molecule has 0 aliphatic carbocycles. The molecule has 1 unspecified atom stereocenters. The van der Waals surface area contributed by atoms with Crippen LogP contribution in [0.4, 0.5) is 4.79 Å². The topological polar surface area (TPSA) is 122 Å². The van der Waals surface area contributed by atoms with Crippen molar-refractivity contribution in [3.05, 3.63) is 0 Å². The van der Waals surface area contributed by atoms with Crippen LogP contribution in [-0.2, 0) is 9.59 Å². The molecule has 0 bridgehead atoms. The lowest BCUT2D eigenvalue weighted by atomic mass is 10.4. The van der Waals surface area contributed by atoms with Crippen molar-refractivity contribution in [2.24, 2.45) is 5.73 Å². The Balaban J connectivity index is 0.000000226. The Labute approximate surface area is 74.3 Å². The number of nitrogens with one attached hydrogen (secondary N) is 2. The third kappa shape index (κ3) is 5.48. The number of carbonyl (C=O) groups is 3. The first-order valence-corrected chi connectivity index (χ1v) is 3.50. The molecule has 13 heavy (non-hydrogen) atoms. The lowest BCUT2D eigenvalue weighted by molar-refractivity contribution is -0.148. The minimum Gasteiger partial charge on any atom is -0.474 e. The molecular formula is C6H11N3O4. The summed E-state index contributed by atoms with van der Waals surface area (Å²) >= 11 is 0. The van der Waals surface area contributed by atoms with E-state index in [2.05, 4.69) is 16.4 Å². The molecule has 7 nitrogen and oxygen atoms in total. The summed E-state index contributed by atoms with van der Waals surface area (Å²) in [6.45, 7) is 2.72. The molecule has 0 aromatic rings. The summed E-state index contributed by atoms with van der Waals surface area (Å²) in [5, 5.41) is 12.8. The van der Waals surface area contributed by atoms with Gasteiger partial charge in [0.2, 0.25) is 0 Å². The van der Waals surface area contributed by atoms with Gasteiger partial charge >= 0.3 is 17.9 Å². The van der Waals surface area contributed by atoms with Gasteiger partial charge < -0.3 is 21.5 Å². The number of aliphatic carboxylic acids is 1. The maximum Gasteiger partial charge on any atom is 0.394 e. The number of carbonyl (C=O) groups excluding carboxylic acids is 2. The van der Waals surface area contributed by atoms with E-state index in [-0.39, 0.29) is 6.03 Å². The molecule has 74 valence electrons. The second-order valence-electron chi connectivity index (χ2n) is 2.42. The molecule has 1 aliphatic rings. The number of rotatable bonds is 0. The van der Waals surface area contributed by atoms with Crippen LogP contribution in [0.15, 0.2) is 0 Å². The van der Waals surface area contributed by atoms with Gasteiger partial charge in [0.25, 0.3) is 0 Å². The fourth-order valence-electron chi connectivity index (χ4n) is 0.572. The Morgan fingerprint density at radius 3 is 2.15 bits per heavy atom. The molecule has 1 rings (SSSR count). The zero-order chi connectivity index (χ0) is 10.4. The molecular weight excluding hydrogens is 178 g/mol. The molecule has 0 aromatic heterocycles. The molecule has 1 heterocycles. The van der Waals surface area contributed by atoms with Gasteiger partial charge in [-0.25, -0.2) is 9.59 Å². The summed E-state index contributed by atoms with van der Waals surface area (Å²) in [7, 11) is 0. The maximum absolute atomic E-state index is 10.2. The number of hydrogen-bond acceptors (Lipinski definition) is 3. The van der Waals surface area contributed by atoms with Gasteiger partial charge in [0.05, 0.1) is 0 Å². The Morgan fingerprint density at radius 2 is 2.08 bits per heavy atom. The van der Waals surface area contributed by atoms with E-state index in [0.717, 1.165) is 6.54 Å². The largest absolute Gasteiger partial charge is 0.474 e. The summed E-state index contributed by atoms with van der Waals surface area (Å²) < 4.78 is 0. The van der Waals surface area contributed by atoms with E-state index in [9.17, 15) is 14.4 Å². The van der Waals surface area contributed by atoms with Crippen molar-refractivity contribution in [2.75, 3.05) is 6.54 Å². The number of hydrogen-bond donors (Lipinski definition) is 4. The molecule has 0 radical (unpaired) electrons. The van der Waals surface area contributed by atoms with Crippen LogP contribution in [0.1, 0.15) is 6.92 Å². The van der Waals surface area contributed by atoms with E-state index >= 15 is 0 Å². The molecule has 1 fully saturated rings. The number of nitrogens with two attached hydrogens (primary N) is 1. The molecule has 1 aliphatic heterocycles. The van der Waals surface area contributed by atoms with Gasteiger partial charge in [-0.3, -0.25) is 4.79 Å². The highest BCUT2D eigenvalue weighted by Gasteiger charge is 2.13. The van der Waals surface area contributed by atoms with Gasteiger partial charge in [-0.1, -0.05) is 0 Å². The number of carboxylic acid groups (broad SMARTS) is 1. The Hall–Kier alpha value is -1.79. The van der Waals surface area contributed by atoms with E-state index in [0.29, 0.717) is 6.04 Å². The van der Waals surface area contributed by atoms with E-state index in [1.165, 1.54) is 0 Å². The molecule has 3 amide bonds. The minimum absolute atomic E-state index is 0.0486. The summed E-state index contributed by atoms with van der Waals surface area (Å²) in [4.78, 5) is 28.8. The summed E-state index contributed by atoms with van der Waals surface area (Å²) in [5.74, 6) is -2.93. The van der Waals surface area contributed by atoms with E-state index in [1.54, 1.807) is 0 Å². The molecule has 5 N–H and O–H groups in total. The predicted molar refractivity (Wildman–Crippen MR) is 42.8 cm³/mol. The molecule has 1 saturated heterocycles. The smallest absolute Gasteiger partial charge is 0.394 e. The lowest BCUT2D eigenvalue weighted by Crippen LogP contribution is -2.23. The Morgan fingerprint density at radius 1 is 1.62 bits per heavy atom. The van der Waals surface area contributed by atoms with E-state index in [4.69, 9.17) is 5.11 Å². The van der Waals surface area contributed by atoms with Crippen molar-refractivity contribution in [3.8, 4) is 0 Å². The second-order valence-corrected chi connectivity index (χ2v) is 2.42. The SMILES string of the molecule is CC1CNC(=O)N1.NC(=O)C(=O)O. The third-order valence-corrected chi connectivity index (χ3v) is 1.16. The molecule has 0 saturated carbocycles. The second kappa shape index (κ2) is 4.96. The first kappa shape index (κ1) is 11.2. The standard InChI is InChI=1S/C4H8N2O.C2H3NO3/c1-3-2-5-4(7)6-3;3-1(4)2(5)6/h3H,2H2,1H3,(H2,5,6,7);(H2,3,4)(H,5,6). The third-order valence-electron chi connectivity index (χ3n) is 1.16. The Bertz CT molecular complexity index is 216. The van der Waals surface area contributed by atoms with Crippen LogP contribution in [0.25, 0.3) is 0 Å². The Kier molecular flexibility index (Phi) is 4.28. The van der Waals surface area contributed by atoms with Crippen molar-refractivity contribution in [3.63, 3.8) is 0 Å². The summed E-state index contributed by atoms with van der Waals surface area (Å²) in [6.07, 6.45) is 0. The zero-order valence-electron chi connectivity index (χ0n) is 7.03. The van der Waals surface area contributed by atoms with Crippen molar-refractivity contribution in [1.29, 1.82) is 0 Å².